The van der Waals surface area contributed by atoms with E-state index in [0.29, 0.717) is 17.3 Å². The molecule has 3 rings (SSSR count). The minimum absolute atomic E-state index is 0.300. The highest BCUT2D eigenvalue weighted by atomic mass is 16.5. The zero-order chi connectivity index (χ0) is 17.4. The molecule has 0 spiro atoms. The SMILES string of the molecule is COc1ccc(C2=CC=NC3=[N+](C)C(=O)N(C)C(=O)C23)cc1OC. The van der Waals surface area contributed by atoms with E-state index in [1.165, 1.54) is 11.6 Å². The van der Waals surface area contributed by atoms with Crippen LogP contribution in [0, 0.1) is 5.92 Å². The molecule has 1 aromatic rings. The molecule has 0 radical (unpaired) electrons. The van der Waals surface area contributed by atoms with Crippen molar-refractivity contribution < 1.29 is 23.6 Å². The van der Waals surface area contributed by atoms with Gasteiger partial charge in [0.05, 0.1) is 28.3 Å². The van der Waals surface area contributed by atoms with E-state index in [2.05, 4.69) is 4.99 Å². The fraction of sp³-hybridized carbons (Fsp3) is 0.294. The van der Waals surface area contributed by atoms with Crippen molar-refractivity contribution in [3.05, 3.63) is 29.8 Å². The number of benzene rings is 1. The molecular weight excluding hydrogens is 310 g/mol. The van der Waals surface area contributed by atoms with Crippen molar-refractivity contribution in [1.82, 2.24) is 4.90 Å². The van der Waals surface area contributed by atoms with Crippen molar-refractivity contribution in [2.75, 3.05) is 28.3 Å². The lowest BCUT2D eigenvalue weighted by Crippen LogP contribution is -2.52. The lowest BCUT2D eigenvalue weighted by atomic mass is 9.87. The molecule has 24 heavy (non-hydrogen) atoms. The molecular formula is C17H18N3O4+. The van der Waals surface area contributed by atoms with E-state index in [1.807, 2.05) is 12.1 Å². The normalized spacial score (nSPS) is 20.1. The number of imide groups is 1. The van der Waals surface area contributed by atoms with Gasteiger partial charge in [-0.25, -0.2) is 4.79 Å². The number of amides is 3. The molecule has 7 heteroatoms. The summed E-state index contributed by atoms with van der Waals surface area (Å²) in [6.45, 7) is 0. The first-order valence-corrected chi connectivity index (χ1v) is 7.38. The second kappa shape index (κ2) is 5.92. The van der Waals surface area contributed by atoms with Gasteiger partial charge in [0.25, 0.3) is 5.84 Å². The van der Waals surface area contributed by atoms with Crippen LogP contribution in [0.4, 0.5) is 4.79 Å². The predicted octanol–water partition coefficient (Wildman–Crippen LogP) is 1.42. The van der Waals surface area contributed by atoms with Crippen molar-refractivity contribution in [2.45, 2.75) is 0 Å². The van der Waals surface area contributed by atoms with Crippen LogP contribution in [0.2, 0.25) is 0 Å². The first-order valence-electron chi connectivity index (χ1n) is 7.38. The lowest BCUT2D eigenvalue weighted by Gasteiger charge is -2.27. The minimum Gasteiger partial charge on any atom is -0.493 e. The standard InChI is InChI=1S/C17H18N3O4/c1-19-15-14(16(21)20(2)17(19)22)11(7-8-18-15)10-5-6-12(23-3)13(9-10)24-4/h5-9,14H,1-4H3/q+1. The van der Waals surface area contributed by atoms with E-state index in [1.54, 1.807) is 39.6 Å². The Morgan fingerprint density at radius 2 is 1.88 bits per heavy atom. The molecule has 0 saturated carbocycles. The molecule has 124 valence electrons. The number of allylic oxidation sites excluding steroid dienone is 1. The number of aliphatic imine (C=N–C) groups is 1. The minimum atomic E-state index is -0.624. The molecule has 2 aliphatic heterocycles. The van der Waals surface area contributed by atoms with Crippen LogP contribution < -0.4 is 9.47 Å². The molecule has 0 aliphatic carbocycles. The molecule has 1 unspecified atom stereocenters. The maximum Gasteiger partial charge on any atom is 0.445 e. The van der Waals surface area contributed by atoms with Crippen LogP contribution in [0.5, 0.6) is 11.5 Å². The van der Waals surface area contributed by atoms with E-state index >= 15 is 0 Å². The molecule has 0 fully saturated rings. The summed E-state index contributed by atoms with van der Waals surface area (Å²) < 4.78 is 12.0. The Hall–Kier alpha value is -2.96. The fourth-order valence-corrected chi connectivity index (χ4v) is 2.92. The first-order chi connectivity index (χ1) is 11.5. The van der Waals surface area contributed by atoms with E-state index in [9.17, 15) is 9.59 Å². The summed E-state index contributed by atoms with van der Waals surface area (Å²) in [5.41, 5.74) is 1.57. The van der Waals surface area contributed by atoms with Crippen LogP contribution >= 0.6 is 0 Å². The van der Waals surface area contributed by atoms with Crippen LogP contribution in [0.15, 0.2) is 29.3 Å². The molecule has 1 aromatic carbocycles. The summed E-state index contributed by atoms with van der Waals surface area (Å²) in [7, 11) is 6.21. The number of hydrogen-bond acceptors (Lipinski definition) is 5. The number of carbonyl (C=O) groups is 2. The number of ether oxygens (including phenoxy) is 2. The number of hydrogen-bond donors (Lipinski definition) is 0. The number of urea groups is 1. The number of nitrogens with zero attached hydrogens (tertiary/aromatic N) is 3. The van der Waals surface area contributed by atoms with Crippen LogP contribution in [0.25, 0.3) is 5.57 Å². The quantitative estimate of drug-likeness (QED) is 0.787. The zero-order valence-electron chi connectivity index (χ0n) is 13.9. The van der Waals surface area contributed by atoms with Gasteiger partial charge in [-0.3, -0.25) is 4.79 Å². The molecule has 0 bridgehead atoms. The van der Waals surface area contributed by atoms with Gasteiger partial charge in [0.2, 0.25) is 0 Å². The molecule has 2 heterocycles. The second-order valence-electron chi connectivity index (χ2n) is 5.50. The Labute approximate surface area is 139 Å². The zero-order valence-corrected chi connectivity index (χ0v) is 13.9. The average molecular weight is 328 g/mol. The van der Waals surface area contributed by atoms with Crippen LogP contribution in [0.3, 0.4) is 0 Å². The number of rotatable bonds is 3. The number of methoxy groups -OCH3 is 2. The second-order valence-corrected chi connectivity index (χ2v) is 5.50. The highest BCUT2D eigenvalue weighted by molar-refractivity contribution is 6.21. The molecule has 7 nitrogen and oxygen atoms in total. The molecule has 0 aromatic heterocycles. The van der Waals surface area contributed by atoms with Gasteiger partial charge in [-0.2, -0.15) is 9.48 Å². The number of dihydropyridines is 1. The largest absolute Gasteiger partial charge is 0.493 e. The summed E-state index contributed by atoms with van der Waals surface area (Å²) in [6.07, 6.45) is 3.38. The van der Waals surface area contributed by atoms with Gasteiger partial charge < -0.3 is 9.47 Å². The Balaban J connectivity index is 2.13. The van der Waals surface area contributed by atoms with Gasteiger partial charge in [-0.15, -0.1) is 4.99 Å². The van der Waals surface area contributed by atoms with Crippen molar-refractivity contribution in [3.63, 3.8) is 0 Å². The van der Waals surface area contributed by atoms with Gasteiger partial charge in [0.15, 0.2) is 17.4 Å². The Morgan fingerprint density at radius 3 is 2.54 bits per heavy atom. The third kappa shape index (κ3) is 2.29. The van der Waals surface area contributed by atoms with Crippen molar-refractivity contribution in [1.29, 1.82) is 0 Å². The monoisotopic (exact) mass is 328 g/mol. The number of amidine groups is 1. The summed E-state index contributed by atoms with van der Waals surface area (Å²) in [4.78, 5) is 30.1. The van der Waals surface area contributed by atoms with Gasteiger partial charge >= 0.3 is 11.9 Å². The summed E-state index contributed by atoms with van der Waals surface area (Å²) >= 11 is 0. The molecule has 0 N–H and O–H groups in total. The van der Waals surface area contributed by atoms with Crippen LogP contribution in [-0.2, 0) is 4.79 Å². The van der Waals surface area contributed by atoms with E-state index < -0.39 is 11.9 Å². The number of fused-ring (bicyclic) bond motifs is 1. The van der Waals surface area contributed by atoms with Crippen molar-refractivity contribution >= 4 is 29.6 Å². The maximum atomic E-state index is 12.7. The number of carbonyl (C=O) groups excluding carboxylic acids is 2. The molecule has 3 amide bonds. The fourth-order valence-electron chi connectivity index (χ4n) is 2.92. The van der Waals surface area contributed by atoms with E-state index in [4.69, 9.17) is 9.47 Å². The predicted molar refractivity (Wildman–Crippen MR) is 88.9 cm³/mol. The van der Waals surface area contributed by atoms with Crippen molar-refractivity contribution in [2.24, 2.45) is 10.9 Å². The molecule has 2 aliphatic rings. The molecule has 0 saturated heterocycles. The highest BCUT2D eigenvalue weighted by Crippen LogP contribution is 2.35. The van der Waals surface area contributed by atoms with Crippen molar-refractivity contribution in [3.8, 4) is 11.5 Å². The summed E-state index contributed by atoms with van der Waals surface area (Å²) in [5.74, 6) is 0.679. The van der Waals surface area contributed by atoms with E-state index in [0.717, 1.165) is 16.0 Å². The first kappa shape index (κ1) is 15.9. The Morgan fingerprint density at radius 1 is 1.17 bits per heavy atom. The van der Waals surface area contributed by atoms with Gasteiger partial charge in [-0.1, -0.05) is 6.07 Å². The summed E-state index contributed by atoms with van der Waals surface area (Å²) in [6, 6.07) is 5.06. The van der Waals surface area contributed by atoms with Crippen LogP contribution in [-0.4, -0.2) is 61.8 Å². The smallest absolute Gasteiger partial charge is 0.445 e. The third-order valence-corrected chi connectivity index (χ3v) is 4.24. The van der Waals surface area contributed by atoms with Crippen LogP contribution in [0.1, 0.15) is 5.56 Å². The maximum absolute atomic E-state index is 12.7. The highest BCUT2D eigenvalue weighted by Gasteiger charge is 2.47. The Kier molecular flexibility index (Phi) is 3.92. The van der Waals surface area contributed by atoms with E-state index in [-0.39, 0.29) is 5.91 Å². The van der Waals surface area contributed by atoms with Gasteiger partial charge in [0.1, 0.15) is 6.21 Å². The summed E-state index contributed by atoms with van der Waals surface area (Å²) in [5, 5.41) is 0. The molecule has 1 atom stereocenters. The topological polar surface area (TPSA) is 71.2 Å². The third-order valence-electron chi connectivity index (χ3n) is 4.24. The average Bonchev–Trinajstić information content (AvgIpc) is 2.63. The lowest BCUT2D eigenvalue weighted by molar-refractivity contribution is -0.407. The van der Waals surface area contributed by atoms with Gasteiger partial charge in [0, 0.05) is 0 Å². The van der Waals surface area contributed by atoms with Gasteiger partial charge in [-0.05, 0) is 29.3 Å². The Bertz CT molecular complexity index is 823.